The van der Waals surface area contributed by atoms with Crippen molar-refractivity contribution in [2.45, 2.75) is 59.0 Å². The molecule has 34 heavy (non-hydrogen) atoms. The second kappa shape index (κ2) is 9.12. The van der Waals surface area contributed by atoms with Crippen LogP contribution in [-0.2, 0) is 9.47 Å². The number of aryl methyl sites for hydroxylation is 2. The van der Waals surface area contributed by atoms with Crippen LogP contribution in [-0.4, -0.2) is 52.7 Å². The van der Waals surface area contributed by atoms with Crippen molar-refractivity contribution in [3.63, 3.8) is 0 Å². The van der Waals surface area contributed by atoms with Crippen LogP contribution >= 0.6 is 0 Å². The number of hydrogen-bond acceptors (Lipinski definition) is 5. The molecule has 4 rings (SSSR count). The van der Waals surface area contributed by atoms with Gasteiger partial charge < -0.3 is 19.4 Å². The van der Waals surface area contributed by atoms with E-state index in [-0.39, 0.29) is 12.1 Å². The molecule has 180 valence electrons. The van der Waals surface area contributed by atoms with Gasteiger partial charge in [0.15, 0.2) is 0 Å². The van der Waals surface area contributed by atoms with Gasteiger partial charge in [-0.25, -0.2) is 9.59 Å². The Morgan fingerprint density at radius 1 is 1.06 bits per heavy atom. The summed E-state index contributed by atoms with van der Waals surface area (Å²) in [5.74, 6) is -0.0670. The Bertz CT molecular complexity index is 1210. The first kappa shape index (κ1) is 23.8. The Morgan fingerprint density at radius 3 is 2.29 bits per heavy atom. The molecule has 3 aromatic rings. The molecular weight excluding hydrogens is 430 g/mol. The third-order valence-corrected chi connectivity index (χ3v) is 6.20. The molecule has 0 spiro atoms. The lowest BCUT2D eigenvalue weighted by Crippen LogP contribution is -2.41. The van der Waals surface area contributed by atoms with E-state index in [0.29, 0.717) is 24.6 Å². The second-order valence-electron chi connectivity index (χ2n) is 10.1. The molecule has 0 aliphatic carbocycles. The lowest BCUT2D eigenvalue weighted by Gasteiger charge is -2.33. The number of aromatic nitrogens is 2. The molecule has 7 heteroatoms. The summed E-state index contributed by atoms with van der Waals surface area (Å²) in [6, 6.07) is 10.2. The number of nitrogens with one attached hydrogen (secondary N) is 1. The molecule has 0 radical (unpaired) electrons. The van der Waals surface area contributed by atoms with Gasteiger partial charge in [-0.15, -0.1) is 0 Å². The topological polar surface area (TPSA) is 84.5 Å². The monoisotopic (exact) mass is 463 g/mol. The highest BCUT2D eigenvalue weighted by Gasteiger charge is 2.28. The number of benzene rings is 1. The minimum absolute atomic E-state index is 0.257. The fourth-order valence-electron chi connectivity index (χ4n) is 4.69. The average Bonchev–Trinajstić information content (AvgIpc) is 3.16. The Morgan fingerprint density at radius 2 is 1.71 bits per heavy atom. The highest BCUT2D eigenvalue weighted by molar-refractivity contribution is 6.10. The van der Waals surface area contributed by atoms with Crippen LogP contribution in [0.4, 0.5) is 4.79 Å². The molecular formula is C27H33N3O4. The Hall–Kier alpha value is -3.35. The minimum Gasteiger partial charge on any atom is -0.465 e. The van der Waals surface area contributed by atoms with Crippen molar-refractivity contribution < 1.29 is 19.1 Å². The number of piperidine rings is 1. The van der Waals surface area contributed by atoms with E-state index in [9.17, 15) is 9.59 Å². The number of hydrogen-bond donors (Lipinski definition) is 1. The third-order valence-electron chi connectivity index (χ3n) is 6.20. The maximum atomic E-state index is 12.9. The van der Waals surface area contributed by atoms with E-state index in [0.717, 1.165) is 52.0 Å². The van der Waals surface area contributed by atoms with Crippen LogP contribution in [0.3, 0.4) is 0 Å². The lowest BCUT2D eigenvalue weighted by atomic mass is 9.88. The molecule has 0 saturated carbocycles. The first-order valence-electron chi connectivity index (χ1n) is 11.7. The van der Waals surface area contributed by atoms with E-state index < -0.39 is 5.60 Å². The van der Waals surface area contributed by atoms with Crippen molar-refractivity contribution in [2.75, 3.05) is 20.2 Å². The molecule has 1 fully saturated rings. The van der Waals surface area contributed by atoms with E-state index >= 15 is 0 Å². The van der Waals surface area contributed by atoms with Crippen molar-refractivity contribution in [1.29, 1.82) is 0 Å². The van der Waals surface area contributed by atoms with Crippen molar-refractivity contribution in [3.05, 3.63) is 52.8 Å². The number of H-pyrrole nitrogens is 1. The highest BCUT2D eigenvalue weighted by atomic mass is 16.6. The first-order chi connectivity index (χ1) is 16.1. The van der Waals surface area contributed by atoms with E-state index in [1.807, 2.05) is 52.8 Å². The molecule has 1 saturated heterocycles. The van der Waals surface area contributed by atoms with Gasteiger partial charge in [-0.05, 0) is 83.2 Å². The zero-order valence-corrected chi connectivity index (χ0v) is 20.8. The Kier molecular flexibility index (Phi) is 6.39. The van der Waals surface area contributed by atoms with Crippen LogP contribution < -0.4 is 0 Å². The quantitative estimate of drug-likeness (QED) is 0.500. The smallest absolute Gasteiger partial charge is 0.410 e. The number of aromatic amines is 1. The number of rotatable bonds is 3. The number of likely N-dealkylation sites (tertiary alicyclic amines) is 1. The second-order valence-corrected chi connectivity index (χ2v) is 10.1. The van der Waals surface area contributed by atoms with Crippen LogP contribution in [0.1, 0.15) is 66.8 Å². The molecule has 0 atom stereocenters. The zero-order chi connectivity index (χ0) is 24.6. The normalized spacial score (nSPS) is 14.9. The molecule has 7 nitrogen and oxygen atoms in total. The molecule has 0 bridgehead atoms. The van der Waals surface area contributed by atoms with Gasteiger partial charge >= 0.3 is 12.1 Å². The van der Waals surface area contributed by atoms with Crippen molar-refractivity contribution in [1.82, 2.24) is 14.9 Å². The Balaban J connectivity index is 1.64. The van der Waals surface area contributed by atoms with E-state index in [2.05, 4.69) is 22.1 Å². The van der Waals surface area contributed by atoms with E-state index in [1.165, 1.54) is 7.11 Å². The molecule has 1 aliphatic rings. The summed E-state index contributed by atoms with van der Waals surface area (Å²) >= 11 is 0. The molecule has 3 heterocycles. The number of esters is 1. The number of pyridine rings is 1. The predicted octanol–water partition coefficient (Wildman–Crippen LogP) is 5.75. The van der Waals surface area contributed by atoms with Crippen molar-refractivity contribution in [3.8, 4) is 11.3 Å². The largest absolute Gasteiger partial charge is 0.465 e. The molecule has 0 unspecified atom stereocenters. The molecule has 1 N–H and O–H groups in total. The van der Waals surface area contributed by atoms with E-state index in [1.54, 1.807) is 4.90 Å². The number of fused-ring (bicyclic) bond motifs is 1. The Labute approximate surface area is 200 Å². The number of amides is 1. The summed E-state index contributed by atoms with van der Waals surface area (Å²) in [6.07, 6.45) is 1.43. The fourth-order valence-corrected chi connectivity index (χ4v) is 4.69. The molecule has 2 aromatic heterocycles. The van der Waals surface area contributed by atoms with Crippen LogP contribution in [0, 0.1) is 13.8 Å². The molecule has 1 aliphatic heterocycles. The van der Waals surface area contributed by atoms with Crippen LogP contribution in [0.25, 0.3) is 22.2 Å². The lowest BCUT2D eigenvalue weighted by molar-refractivity contribution is 0.0204. The standard InChI is InChI=1S/C27H33N3O4/c1-16-13-20(14-17(2)28-16)24-23(25(31)33-6)21-15-19(7-8-22(21)29-24)18-9-11-30(12-10-18)26(32)34-27(3,4)5/h7-8,13-15,18,29H,9-12H2,1-6H3. The van der Waals surface area contributed by atoms with Gasteiger partial charge in [0.05, 0.1) is 18.4 Å². The van der Waals surface area contributed by atoms with Crippen LogP contribution in [0.15, 0.2) is 30.3 Å². The summed E-state index contributed by atoms with van der Waals surface area (Å²) < 4.78 is 10.7. The number of carbonyl (C=O) groups excluding carboxylic acids is 2. The summed E-state index contributed by atoms with van der Waals surface area (Å²) in [7, 11) is 1.41. The van der Waals surface area contributed by atoms with Gasteiger partial charge in [0.2, 0.25) is 0 Å². The predicted molar refractivity (Wildman–Crippen MR) is 132 cm³/mol. The highest BCUT2D eigenvalue weighted by Crippen LogP contribution is 2.36. The summed E-state index contributed by atoms with van der Waals surface area (Å²) in [5.41, 5.74) is 5.52. The summed E-state index contributed by atoms with van der Waals surface area (Å²) in [5, 5.41) is 0.848. The van der Waals surface area contributed by atoms with Crippen LogP contribution in [0.5, 0.6) is 0 Å². The average molecular weight is 464 g/mol. The molecule has 1 amide bonds. The van der Waals surface area contributed by atoms with Crippen molar-refractivity contribution in [2.24, 2.45) is 0 Å². The van der Waals surface area contributed by atoms with Gasteiger partial charge in [-0.3, -0.25) is 4.98 Å². The minimum atomic E-state index is -0.499. The first-order valence-corrected chi connectivity index (χ1v) is 11.7. The van der Waals surface area contributed by atoms with Gasteiger partial charge in [0.1, 0.15) is 5.60 Å². The number of ether oxygens (including phenoxy) is 2. The van der Waals surface area contributed by atoms with Gasteiger partial charge in [-0.1, -0.05) is 6.07 Å². The molecule has 1 aromatic carbocycles. The van der Waals surface area contributed by atoms with Crippen LogP contribution in [0.2, 0.25) is 0 Å². The maximum Gasteiger partial charge on any atom is 0.410 e. The van der Waals surface area contributed by atoms with Gasteiger partial charge in [0, 0.05) is 40.9 Å². The number of methoxy groups -OCH3 is 1. The van der Waals surface area contributed by atoms with Crippen molar-refractivity contribution >= 4 is 23.0 Å². The summed E-state index contributed by atoms with van der Waals surface area (Å²) in [6.45, 7) is 10.8. The third kappa shape index (κ3) is 4.93. The summed E-state index contributed by atoms with van der Waals surface area (Å²) in [4.78, 5) is 34.9. The number of carbonyl (C=O) groups is 2. The van der Waals surface area contributed by atoms with Gasteiger partial charge in [-0.2, -0.15) is 0 Å². The van der Waals surface area contributed by atoms with E-state index in [4.69, 9.17) is 9.47 Å². The maximum absolute atomic E-state index is 12.9. The zero-order valence-electron chi connectivity index (χ0n) is 20.8. The van der Waals surface area contributed by atoms with Gasteiger partial charge in [0.25, 0.3) is 0 Å². The SMILES string of the molecule is COC(=O)c1c(-c2cc(C)nc(C)c2)[nH]c2ccc(C3CCN(C(=O)OC(C)(C)C)CC3)cc12. The fraction of sp³-hybridized carbons (Fsp3) is 0.444. The number of nitrogens with zero attached hydrogens (tertiary/aromatic N) is 2.